The molecule has 4 rings (SSSR count). The van der Waals surface area contributed by atoms with E-state index in [0.29, 0.717) is 17.2 Å². The van der Waals surface area contributed by atoms with Crippen molar-refractivity contribution in [2.75, 3.05) is 5.32 Å². The molecule has 2 heterocycles. The molecule has 0 radical (unpaired) electrons. The van der Waals surface area contributed by atoms with E-state index >= 15 is 0 Å². The number of anilines is 2. The minimum atomic E-state index is -0.137. The third-order valence-corrected chi connectivity index (χ3v) is 5.36. The first kappa shape index (κ1) is 15.8. The minimum Gasteiger partial charge on any atom is -0.338 e. The van der Waals surface area contributed by atoms with Crippen LogP contribution in [0.4, 0.5) is 11.5 Å². The summed E-state index contributed by atoms with van der Waals surface area (Å²) in [6.45, 7) is 0. The fraction of sp³-hybridized carbons (Fsp3) is 0.294. The molecule has 1 aliphatic rings. The molecule has 2 N–H and O–H groups in total. The van der Waals surface area contributed by atoms with Crippen molar-refractivity contribution in [3.05, 3.63) is 45.3 Å². The van der Waals surface area contributed by atoms with E-state index in [9.17, 15) is 4.79 Å². The maximum Gasteiger partial charge on any atom is 0.261 e. The van der Waals surface area contributed by atoms with Crippen LogP contribution < -0.4 is 10.9 Å². The van der Waals surface area contributed by atoms with E-state index in [2.05, 4.69) is 38.9 Å². The number of pyridine rings is 1. The van der Waals surface area contributed by atoms with Crippen LogP contribution in [0.1, 0.15) is 31.7 Å². The van der Waals surface area contributed by atoms with Crippen LogP contribution in [-0.2, 0) is 0 Å². The van der Waals surface area contributed by atoms with Gasteiger partial charge in [0.05, 0.1) is 16.0 Å². The Bertz CT molecular complexity index is 959. The number of hydrogen-bond acceptors (Lipinski definition) is 4. The number of nitrogens with zero attached hydrogens (tertiary/aromatic N) is 2. The van der Waals surface area contributed by atoms with Crippen molar-refractivity contribution in [3.8, 4) is 0 Å². The molecule has 1 aliphatic carbocycles. The number of rotatable bonds is 3. The smallest absolute Gasteiger partial charge is 0.261 e. The van der Waals surface area contributed by atoms with Gasteiger partial charge in [-0.25, -0.2) is 0 Å². The van der Waals surface area contributed by atoms with Crippen LogP contribution in [0.3, 0.4) is 0 Å². The number of hydrogen-bond donors (Lipinski definition) is 3. The molecular formula is C17H17BrN4OS. The average molecular weight is 405 g/mol. The summed E-state index contributed by atoms with van der Waals surface area (Å²) in [6.07, 6.45) is 6.30. The number of aromatic amines is 1. The van der Waals surface area contributed by atoms with E-state index in [1.165, 1.54) is 12.8 Å². The maximum absolute atomic E-state index is 12.5. The van der Waals surface area contributed by atoms with E-state index in [1.807, 2.05) is 28.9 Å². The van der Waals surface area contributed by atoms with Crippen LogP contribution >= 0.6 is 28.6 Å². The standard InChI is InChI=1S/C17H17BrN4OS/c18-13-9-19-17(23)14-15(13)22(11-5-1-2-6-11)21-16(14)20-10-4-3-7-12(24)8-10/h3-4,7-9,11,24H,1-2,5-6H2,(H,19,23)(H,20,21). The van der Waals surface area contributed by atoms with Crippen LogP contribution in [0.5, 0.6) is 0 Å². The predicted molar refractivity (Wildman–Crippen MR) is 103 cm³/mol. The van der Waals surface area contributed by atoms with Crippen LogP contribution in [0, 0.1) is 0 Å². The van der Waals surface area contributed by atoms with E-state index in [-0.39, 0.29) is 5.56 Å². The number of H-pyrrole nitrogens is 1. The fourth-order valence-corrected chi connectivity index (χ4v) is 4.09. The van der Waals surface area contributed by atoms with Gasteiger partial charge in [-0.2, -0.15) is 5.10 Å². The van der Waals surface area contributed by atoms with Gasteiger partial charge in [0.25, 0.3) is 5.56 Å². The number of aromatic nitrogens is 3. The maximum atomic E-state index is 12.5. The molecule has 0 unspecified atom stereocenters. The molecule has 0 atom stereocenters. The minimum absolute atomic E-state index is 0.137. The second kappa shape index (κ2) is 6.29. The number of benzene rings is 1. The summed E-state index contributed by atoms with van der Waals surface area (Å²) in [5.41, 5.74) is 1.58. The van der Waals surface area contributed by atoms with Crippen molar-refractivity contribution in [1.29, 1.82) is 0 Å². The van der Waals surface area contributed by atoms with Crippen LogP contribution in [0.15, 0.2) is 44.6 Å². The van der Waals surface area contributed by atoms with Crippen molar-refractivity contribution >= 4 is 51.0 Å². The first-order chi connectivity index (χ1) is 11.6. The highest BCUT2D eigenvalue weighted by atomic mass is 79.9. The lowest BCUT2D eigenvalue weighted by Crippen LogP contribution is -2.09. The number of fused-ring (bicyclic) bond motifs is 1. The molecule has 2 aromatic heterocycles. The van der Waals surface area contributed by atoms with Crippen molar-refractivity contribution in [1.82, 2.24) is 14.8 Å². The molecule has 1 saturated carbocycles. The Labute approximate surface area is 153 Å². The van der Waals surface area contributed by atoms with Crippen LogP contribution in [0.25, 0.3) is 10.9 Å². The zero-order valence-corrected chi connectivity index (χ0v) is 15.4. The van der Waals surface area contributed by atoms with Gasteiger partial charge in [-0.05, 0) is 47.0 Å². The molecule has 1 aromatic carbocycles. The molecule has 0 aliphatic heterocycles. The summed E-state index contributed by atoms with van der Waals surface area (Å²) in [4.78, 5) is 16.1. The largest absolute Gasteiger partial charge is 0.338 e. The molecule has 0 saturated heterocycles. The van der Waals surface area contributed by atoms with Crippen molar-refractivity contribution in [3.63, 3.8) is 0 Å². The summed E-state index contributed by atoms with van der Waals surface area (Å²) in [7, 11) is 0. The Kier molecular flexibility index (Phi) is 4.14. The Balaban J connectivity index is 1.89. The van der Waals surface area contributed by atoms with Crippen molar-refractivity contribution < 1.29 is 0 Å². The van der Waals surface area contributed by atoms with Gasteiger partial charge in [-0.15, -0.1) is 12.6 Å². The zero-order valence-electron chi connectivity index (χ0n) is 12.9. The Morgan fingerprint density at radius 2 is 2.12 bits per heavy atom. The average Bonchev–Trinajstić information content (AvgIpc) is 3.19. The van der Waals surface area contributed by atoms with Gasteiger partial charge >= 0.3 is 0 Å². The predicted octanol–water partition coefficient (Wildman–Crippen LogP) is 4.63. The van der Waals surface area contributed by atoms with Gasteiger partial charge < -0.3 is 10.3 Å². The Morgan fingerprint density at radius 3 is 2.88 bits per heavy atom. The van der Waals surface area contributed by atoms with Gasteiger partial charge in [0.2, 0.25) is 0 Å². The summed E-state index contributed by atoms with van der Waals surface area (Å²) in [5, 5.41) is 8.61. The first-order valence-corrected chi connectivity index (χ1v) is 9.23. The van der Waals surface area contributed by atoms with Crippen LogP contribution in [-0.4, -0.2) is 14.8 Å². The molecule has 24 heavy (non-hydrogen) atoms. The Hall–Kier alpha value is -1.73. The SMILES string of the molecule is O=c1[nH]cc(Br)c2c1c(Nc1cccc(S)c1)nn2C1CCCC1. The number of nitrogens with one attached hydrogen (secondary N) is 2. The lowest BCUT2D eigenvalue weighted by atomic mass is 10.2. The van der Waals surface area contributed by atoms with Gasteiger partial charge in [0.1, 0.15) is 5.39 Å². The topological polar surface area (TPSA) is 62.7 Å². The highest BCUT2D eigenvalue weighted by Gasteiger charge is 2.24. The second-order valence-electron chi connectivity index (χ2n) is 6.10. The molecule has 0 spiro atoms. The normalized spacial score (nSPS) is 15.2. The van der Waals surface area contributed by atoms with E-state index < -0.39 is 0 Å². The first-order valence-electron chi connectivity index (χ1n) is 7.99. The molecule has 0 amide bonds. The summed E-state index contributed by atoms with van der Waals surface area (Å²) >= 11 is 7.93. The Morgan fingerprint density at radius 1 is 1.33 bits per heavy atom. The monoisotopic (exact) mass is 404 g/mol. The van der Waals surface area contributed by atoms with Gasteiger partial charge in [-0.1, -0.05) is 18.9 Å². The number of halogens is 1. The van der Waals surface area contributed by atoms with Crippen LogP contribution in [0.2, 0.25) is 0 Å². The second-order valence-corrected chi connectivity index (χ2v) is 7.47. The zero-order chi connectivity index (χ0) is 16.7. The van der Waals surface area contributed by atoms with Crippen molar-refractivity contribution in [2.45, 2.75) is 36.6 Å². The molecular weight excluding hydrogens is 388 g/mol. The fourth-order valence-electron chi connectivity index (χ4n) is 3.37. The van der Waals surface area contributed by atoms with Gasteiger partial charge in [-0.3, -0.25) is 9.48 Å². The molecule has 3 aromatic rings. The lowest BCUT2D eigenvalue weighted by molar-refractivity contribution is 0.483. The van der Waals surface area contributed by atoms with E-state index in [0.717, 1.165) is 33.4 Å². The highest BCUT2D eigenvalue weighted by Crippen LogP contribution is 2.36. The molecule has 124 valence electrons. The third-order valence-electron chi connectivity index (χ3n) is 4.47. The highest BCUT2D eigenvalue weighted by molar-refractivity contribution is 9.10. The third kappa shape index (κ3) is 2.75. The quantitative estimate of drug-likeness (QED) is 0.557. The van der Waals surface area contributed by atoms with E-state index in [1.54, 1.807) is 6.20 Å². The molecule has 5 nitrogen and oxygen atoms in total. The molecule has 7 heteroatoms. The van der Waals surface area contributed by atoms with E-state index in [4.69, 9.17) is 5.10 Å². The molecule has 1 fully saturated rings. The number of thiol groups is 1. The summed E-state index contributed by atoms with van der Waals surface area (Å²) in [5.74, 6) is 0.582. The lowest BCUT2D eigenvalue weighted by Gasteiger charge is -2.11. The van der Waals surface area contributed by atoms with Gasteiger partial charge in [0.15, 0.2) is 5.82 Å². The van der Waals surface area contributed by atoms with Crippen molar-refractivity contribution in [2.24, 2.45) is 0 Å². The summed E-state index contributed by atoms with van der Waals surface area (Å²) in [6, 6.07) is 8.02. The van der Waals surface area contributed by atoms with Gasteiger partial charge in [0, 0.05) is 16.8 Å². The molecule has 0 bridgehead atoms. The summed E-state index contributed by atoms with van der Waals surface area (Å²) < 4.78 is 2.86.